The number of hydrogen-bond acceptors (Lipinski definition) is 5. The van der Waals surface area contributed by atoms with E-state index in [-0.39, 0.29) is 24.8 Å². The number of amides is 2. The lowest BCUT2D eigenvalue weighted by Gasteiger charge is -2.31. The topological polar surface area (TPSA) is 75.7 Å². The second-order valence-electron chi connectivity index (χ2n) is 7.45. The van der Waals surface area contributed by atoms with E-state index in [4.69, 9.17) is 8.83 Å². The van der Waals surface area contributed by atoms with Gasteiger partial charge in [0.2, 0.25) is 5.91 Å². The summed E-state index contributed by atoms with van der Waals surface area (Å²) in [5.74, 6) is 1.16. The summed E-state index contributed by atoms with van der Waals surface area (Å²) in [6.07, 6.45) is 1.74. The first kappa shape index (κ1) is 21.6. The molecule has 7 heteroatoms. The summed E-state index contributed by atoms with van der Waals surface area (Å²) in [6.45, 7) is 3.95. The molecule has 4 rings (SSSR count). The largest absolute Gasteiger partial charge is 0.467 e. The average Bonchev–Trinajstić information content (AvgIpc) is 3.54. The molecular formula is C25H24N2O4S. The Bertz CT molecular complexity index is 1180. The number of nitrogens with one attached hydrogen (secondary N) is 1. The van der Waals surface area contributed by atoms with Crippen molar-refractivity contribution in [2.24, 2.45) is 0 Å². The summed E-state index contributed by atoms with van der Waals surface area (Å²) in [5.41, 5.74) is 1.56. The molecule has 0 saturated carbocycles. The van der Waals surface area contributed by atoms with Crippen molar-refractivity contribution < 1.29 is 18.4 Å². The van der Waals surface area contributed by atoms with Gasteiger partial charge in [0.25, 0.3) is 5.91 Å². The molecule has 0 radical (unpaired) electrons. The van der Waals surface area contributed by atoms with E-state index in [1.807, 2.05) is 55.6 Å². The fraction of sp³-hybridized carbons (Fsp3) is 0.200. The number of thiophene rings is 1. The lowest BCUT2D eigenvalue weighted by Crippen LogP contribution is -2.44. The van der Waals surface area contributed by atoms with E-state index < -0.39 is 6.04 Å². The number of furan rings is 2. The van der Waals surface area contributed by atoms with E-state index in [1.54, 1.807) is 35.4 Å². The average molecular weight is 449 g/mol. The Morgan fingerprint density at radius 3 is 2.53 bits per heavy atom. The first-order valence-electron chi connectivity index (χ1n) is 10.3. The van der Waals surface area contributed by atoms with E-state index >= 15 is 0 Å². The van der Waals surface area contributed by atoms with Crippen LogP contribution in [0.2, 0.25) is 0 Å². The van der Waals surface area contributed by atoms with Crippen LogP contribution in [-0.4, -0.2) is 11.8 Å². The third kappa shape index (κ3) is 4.84. The summed E-state index contributed by atoms with van der Waals surface area (Å²) >= 11 is 1.51. The maximum atomic E-state index is 13.6. The van der Waals surface area contributed by atoms with Crippen LogP contribution in [0, 0.1) is 13.8 Å². The fourth-order valence-electron chi connectivity index (χ4n) is 3.56. The number of hydrogen-bond donors (Lipinski definition) is 1. The molecule has 4 aromatic rings. The molecule has 1 atom stereocenters. The molecule has 0 aliphatic rings. The van der Waals surface area contributed by atoms with Gasteiger partial charge >= 0.3 is 0 Å². The van der Waals surface area contributed by atoms with Crippen LogP contribution in [0.1, 0.15) is 33.8 Å². The van der Waals surface area contributed by atoms with E-state index in [0.717, 1.165) is 10.4 Å². The number of rotatable bonds is 8. The minimum absolute atomic E-state index is 0.186. The summed E-state index contributed by atoms with van der Waals surface area (Å²) in [4.78, 5) is 29.6. The van der Waals surface area contributed by atoms with E-state index in [0.29, 0.717) is 23.0 Å². The van der Waals surface area contributed by atoms with Gasteiger partial charge in [-0.1, -0.05) is 24.3 Å². The molecule has 164 valence electrons. The predicted molar refractivity (Wildman–Crippen MR) is 123 cm³/mol. The van der Waals surface area contributed by atoms with Gasteiger partial charge in [0.15, 0.2) is 6.04 Å². The molecule has 2 amide bonds. The summed E-state index contributed by atoms with van der Waals surface area (Å²) in [7, 11) is 0. The van der Waals surface area contributed by atoms with Crippen molar-refractivity contribution in [1.82, 2.24) is 5.32 Å². The van der Waals surface area contributed by atoms with E-state index in [9.17, 15) is 9.59 Å². The normalized spacial score (nSPS) is 11.8. The van der Waals surface area contributed by atoms with Crippen LogP contribution >= 0.6 is 11.3 Å². The molecule has 1 N–H and O–H groups in total. The van der Waals surface area contributed by atoms with Gasteiger partial charge in [-0.3, -0.25) is 14.5 Å². The zero-order chi connectivity index (χ0) is 22.5. The van der Waals surface area contributed by atoms with Crippen LogP contribution in [0.5, 0.6) is 0 Å². The third-order valence-corrected chi connectivity index (χ3v) is 5.98. The van der Waals surface area contributed by atoms with Crippen molar-refractivity contribution in [2.75, 3.05) is 4.90 Å². The first-order valence-corrected chi connectivity index (χ1v) is 11.2. The molecular weight excluding hydrogens is 424 g/mol. The second kappa shape index (κ2) is 9.70. The third-order valence-electron chi connectivity index (χ3n) is 5.10. The van der Waals surface area contributed by atoms with Crippen LogP contribution in [0.15, 0.2) is 81.1 Å². The molecule has 1 aromatic carbocycles. The summed E-state index contributed by atoms with van der Waals surface area (Å²) in [5, 5.41) is 4.83. The van der Waals surface area contributed by atoms with Crippen molar-refractivity contribution in [2.45, 2.75) is 32.9 Å². The standard InChI is InChI=1S/C25H24N2O4S/c1-17-7-3-4-10-21(17)27(23(28)15-20-9-6-14-32-20)24(22-12-11-18(2)31-22)25(29)26-16-19-8-5-13-30-19/h3-14,24H,15-16H2,1-2H3,(H,26,29)/t24-/m0/s1. The Labute approximate surface area is 190 Å². The van der Waals surface area contributed by atoms with Crippen LogP contribution < -0.4 is 10.2 Å². The minimum Gasteiger partial charge on any atom is -0.467 e. The maximum Gasteiger partial charge on any atom is 0.251 e. The van der Waals surface area contributed by atoms with Gasteiger partial charge < -0.3 is 14.2 Å². The Hall–Kier alpha value is -3.58. The predicted octanol–water partition coefficient (Wildman–Crippen LogP) is 5.18. The van der Waals surface area contributed by atoms with Crippen molar-refractivity contribution >= 4 is 28.8 Å². The van der Waals surface area contributed by atoms with Crippen LogP contribution in [-0.2, 0) is 22.6 Å². The van der Waals surface area contributed by atoms with Crippen LogP contribution in [0.3, 0.4) is 0 Å². The minimum atomic E-state index is -0.966. The molecule has 6 nitrogen and oxygen atoms in total. The lowest BCUT2D eigenvalue weighted by atomic mass is 10.1. The highest BCUT2D eigenvalue weighted by Crippen LogP contribution is 2.32. The van der Waals surface area contributed by atoms with Gasteiger partial charge in [-0.2, -0.15) is 0 Å². The summed E-state index contributed by atoms with van der Waals surface area (Å²) < 4.78 is 11.2. The molecule has 0 spiro atoms. The Morgan fingerprint density at radius 2 is 1.88 bits per heavy atom. The number of para-hydroxylation sites is 1. The van der Waals surface area contributed by atoms with Crippen molar-refractivity contribution in [3.63, 3.8) is 0 Å². The molecule has 3 aromatic heterocycles. The number of carbonyl (C=O) groups is 2. The molecule has 0 unspecified atom stereocenters. The monoisotopic (exact) mass is 448 g/mol. The molecule has 0 aliphatic carbocycles. The van der Waals surface area contributed by atoms with Crippen molar-refractivity contribution in [1.29, 1.82) is 0 Å². The first-order chi connectivity index (χ1) is 15.5. The van der Waals surface area contributed by atoms with Crippen LogP contribution in [0.4, 0.5) is 5.69 Å². The molecule has 0 saturated heterocycles. The van der Waals surface area contributed by atoms with Gasteiger partial charge in [0.05, 0.1) is 19.2 Å². The van der Waals surface area contributed by atoms with Gasteiger partial charge in [0, 0.05) is 10.6 Å². The quantitative estimate of drug-likeness (QED) is 0.403. The van der Waals surface area contributed by atoms with Gasteiger partial charge in [-0.05, 0) is 61.2 Å². The molecule has 32 heavy (non-hydrogen) atoms. The maximum absolute atomic E-state index is 13.6. The zero-order valence-electron chi connectivity index (χ0n) is 17.9. The molecule has 3 heterocycles. The highest BCUT2D eigenvalue weighted by atomic mass is 32.1. The molecule has 0 aliphatic heterocycles. The molecule has 0 bridgehead atoms. The highest BCUT2D eigenvalue weighted by Gasteiger charge is 2.35. The van der Waals surface area contributed by atoms with Crippen LogP contribution in [0.25, 0.3) is 0 Å². The van der Waals surface area contributed by atoms with Crippen molar-refractivity contribution in [3.8, 4) is 0 Å². The summed E-state index contributed by atoms with van der Waals surface area (Å²) in [6, 6.07) is 17.5. The fourth-order valence-corrected chi connectivity index (χ4v) is 4.25. The van der Waals surface area contributed by atoms with E-state index in [2.05, 4.69) is 5.32 Å². The highest BCUT2D eigenvalue weighted by molar-refractivity contribution is 7.10. The van der Waals surface area contributed by atoms with Gasteiger partial charge in [-0.25, -0.2) is 0 Å². The number of anilines is 1. The number of nitrogens with zero attached hydrogens (tertiary/aromatic N) is 1. The Kier molecular flexibility index (Phi) is 6.56. The second-order valence-corrected chi connectivity index (χ2v) is 8.49. The van der Waals surface area contributed by atoms with E-state index in [1.165, 1.54) is 11.3 Å². The van der Waals surface area contributed by atoms with Gasteiger partial charge in [-0.15, -0.1) is 11.3 Å². The Morgan fingerprint density at radius 1 is 1.03 bits per heavy atom. The molecule has 0 fully saturated rings. The number of benzene rings is 1. The SMILES string of the molecule is Cc1ccc([C@@H](C(=O)NCc2ccco2)N(C(=O)Cc2cccs2)c2ccccc2C)o1. The number of carbonyl (C=O) groups excluding carboxylic acids is 2. The zero-order valence-corrected chi connectivity index (χ0v) is 18.7. The smallest absolute Gasteiger partial charge is 0.251 e. The number of aryl methyl sites for hydroxylation is 2. The van der Waals surface area contributed by atoms with Crippen molar-refractivity contribution in [3.05, 3.63) is 100 Å². The Balaban J connectivity index is 1.73. The lowest BCUT2D eigenvalue weighted by molar-refractivity contribution is -0.127. The van der Waals surface area contributed by atoms with Gasteiger partial charge in [0.1, 0.15) is 17.3 Å².